The van der Waals surface area contributed by atoms with Crippen LogP contribution in [0, 0.1) is 0 Å². The molecule has 1 fully saturated rings. The van der Waals surface area contributed by atoms with Crippen LogP contribution in [0.15, 0.2) is 60.3 Å². The number of phenolic OH excluding ortho intramolecular Hbond substituents is 2. The van der Waals surface area contributed by atoms with Crippen LogP contribution < -0.4 is 5.32 Å². The Hall–Kier alpha value is -3.50. The summed E-state index contributed by atoms with van der Waals surface area (Å²) >= 11 is 1.32. The highest BCUT2D eigenvalue weighted by Gasteiger charge is 2.53. The molecule has 32 heavy (non-hydrogen) atoms. The lowest BCUT2D eigenvalue weighted by atomic mass is 10.0. The summed E-state index contributed by atoms with van der Waals surface area (Å²) in [5.74, 6) is -2.77. The van der Waals surface area contributed by atoms with Gasteiger partial charge in [-0.2, -0.15) is 0 Å². The van der Waals surface area contributed by atoms with Crippen molar-refractivity contribution in [2.45, 2.75) is 24.1 Å². The van der Waals surface area contributed by atoms with Crippen molar-refractivity contribution in [1.29, 1.82) is 0 Å². The van der Waals surface area contributed by atoms with E-state index in [2.05, 4.69) is 5.32 Å². The number of nitrogens with zero attached hydrogens (tertiary/aromatic N) is 1. The number of nitrogens with one attached hydrogen (secondary N) is 1. The molecule has 1 saturated heterocycles. The number of aliphatic carboxylic acids is 1. The summed E-state index contributed by atoms with van der Waals surface area (Å²) in [4.78, 5) is 38.2. The average Bonchev–Trinajstić information content (AvgIpc) is 2.79. The van der Waals surface area contributed by atoms with Gasteiger partial charge in [-0.05, 0) is 23.8 Å². The molecule has 0 radical (unpaired) electrons. The summed E-state index contributed by atoms with van der Waals surface area (Å²) < 4.78 is 5.77. The third-order valence-electron chi connectivity index (χ3n) is 5.18. The van der Waals surface area contributed by atoms with Crippen molar-refractivity contribution in [2.75, 3.05) is 5.75 Å². The number of benzene rings is 2. The van der Waals surface area contributed by atoms with Crippen LogP contribution in [0.3, 0.4) is 0 Å². The largest absolute Gasteiger partial charge is 0.507 e. The fourth-order valence-electron chi connectivity index (χ4n) is 3.62. The second-order valence-electron chi connectivity index (χ2n) is 7.20. The van der Waals surface area contributed by atoms with E-state index in [0.717, 1.165) is 10.5 Å². The van der Waals surface area contributed by atoms with Gasteiger partial charge in [-0.3, -0.25) is 14.5 Å². The Balaban J connectivity index is 1.55. The van der Waals surface area contributed by atoms with Gasteiger partial charge in [0.25, 0.3) is 11.8 Å². The van der Waals surface area contributed by atoms with E-state index in [0.29, 0.717) is 5.75 Å². The third-order valence-corrected chi connectivity index (χ3v) is 6.37. The number of carboxylic acid groups (broad SMARTS) is 1. The molecule has 9 nitrogen and oxygen atoms in total. The number of fused-ring (bicyclic) bond motifs is 1. The van der Waals surface area contributed by atoms with E-state index in [1.807, 2.05) is 6.07 Å². The highest BCUT2D eigenvalue weighted by molar-refractivity contribution is 8.00. The molecule has 0 aromatic heterocycles. The number of rotatable bonds is 7. The molecule has 0 bridgehead atoms. The number of aromatic hydroxyl groups is 2. The lowest BCUT2D eigenvalue weighted by Crippen LogP contribution is -2.70. The van der Waals surface area contributed by atoms with Gasteiger partial charge in [-0.25, -0.2) is 4.79 Å². The van der Waals surface area contributed by atoms with Crippen LogP contribution in [0.25, 0.3) is 0 Å². The van der Waals surface area contributed by atoms with E-state index in [9.17, 15) is 29.7 Å². The number of carbonyl (C=O) groups excluding carboxylic acids is 2. The minimum Gasteiger partial charge on any atom is -0.507 e. The van der Waals surface area contributed by atoms with Gasteiger partial charge < -0.3 is 25.4 Å². The van der Waals surface area contributed by atoms with Crippen LogP contribution in [0.5, 0.6) is 11.5 Å². The van der Waals surface area contributed by atoms with Crippen LogP contribution in [0.2, 0.25) is 0 Å². The normalized spacial score (nSPS) is 20.6. The van der Waals surface area contributed by atoms with Crippen LogP contribution in [0.1, 0.15) is 17.2 Å². The first-order valence-electron chi connectivity index (χ1n) is 9.73. The third kappa shape index (κ3) is 4.02. The van der Waals surface area contributed by atoms with E-state index < -0.39 is 35.3 Å². The Morgan fingerprint density at radius 2 is 1.81 bits per heavy atom. The monoisotopic (exact) mass is 456 g/mol. The first kappa shape index (κ1) is 21.7. The van der Waals surface area contributed by atoms with Crippen molar-refractivity contribution in [2.24, 2.45) is 0 Å². The fraction of sp³-hybridized carbons (Fsp3) is 0.227. The molecular weight excluding hydrogens is 436 g/mol. The Morgan fingerprint density at radius 3 is 2.47 bits per heavy atom. The molecule has 0 spiro atoms. The predicted octanol–water partition coefficient (Wildman–Crippen LogP) is 1.72. The zero-order chi connectivity index (χ0) is 22.8. The molecule has 2 aliphatic rings. The van der Waals surface area contributed by atoms with Gasteiger partial charge >= 0.3 is 5.97 Å². The van der Waals surface area contributed by atoms with E-state index in [4.69, 9.17) is 4.74 Å². The number of hydrogen-bond acceptors (Lipinski definition) is 7. The zero-order valence-electron chi connectivity index (χ0n) is 16.7. The topological polar surface area (TPSA) is 136 Å². The van der Waals surface area contributed by atoms with Gasteiger partial charge in [-0.15, -0.1) is 11.8 Å². The van der Waals surface area contributed by atoms with Gasteiger partial charge in [0.2, 0.25) is 0 Å². The molecule has 2 aromatic rings. The number of β-lactam (4-membered cyclic amide) rings is 1. The van der Waals surface area contributed by atoms with Crippen LogP contribution in [0.4, 0.5) is 0 Å². The minimum absolute atomic E-state index is 0.0154. The van der Waals surface area contributed by atoms with Gasteiger partial charge in [0.05, 0.1) is 12.2 Å². The maximum absolute atomic E-state index is 13.1. The Bertz CT molecular complexity index is 1070. The molecule has 2 amide bonds. The average molecular weight is 456 g/mol. The molecule has 10 heteroatoms. The van der Waals surface area contributed by atoms with E-state index in [1.165, 1.54) is 36.0 Å². The lowest BCUT2D eigenvalue weighted by molar-refractivity contribution is -0.152. The summed E-state index contributed by atoms with van der Waals surface area (Å²) in [5, 5.41) is 31.9. The van der Waals surface area contributed by atoms with Crippen molar-refractivity contribution in [3.63, 3.8) is 0 Å². The van der Waals surface area contributed by atoms with Crippen molar-refractivity contribution in [3.05, 3.63) is 71.4 Å². The number of amides is 2. The predicted molar refractivity (Wildman–Crippen MR) is 114 cm³/mol. The first-order chi connectivity index (χ1) is 15.4. The Labute approximate surface area is 187 Å². The molecule has 0 saturated carbocycles. The maximum Gasteiger partial charge on any atom is 0.352 e. The standard InChI is InChI=1S/C22H20N2O7S/c25-14-7-4-8-15(26)16(14)18(31-11-12-5-2-1-3-6-12)19(27)23-17-20(28)24-13(22(29)30)9-10-32-21(17)24/h1-9,17-18,21,25-26H,10-11H2,(H,23,27)(H,29,30)/t17?,18?,21-/m0/s1. The van der Waals surface area contributed by atoms with Crippen molar-refractivity contribution < 1.29 is 34.4 Å². The fourth-order valence-corrected chi connectivity index (χ4v) is 4.82. The molecule has 4 rings (SSSR count). The summed E-state index contributed by atoms with van der Waals surface area (Å²) in [5.41, 5.74) is 0.539. The maximum atomic E-state index is 13.1. The first-order valence-corrected chi connectivity index (χ1v) is 10.8. The quantitative estimate of drug-likeness (QED) is 0.463. The summed E-state index contributed by atoms with van der Waals surface area (Å²) in [6.07, 6.45) is 0.0481. The van der Waals surface area contributed by atoms with Crippen LogP contribution in [-0.2, 0) is 25.7 Å². The summed E-state index contributed by atoms with van der Waals surface area (Å²) in [6, 6.07) is 12.1. The van der Waals surface area contributed by atoms with Crippen LogP contribution >= 0.6 is 11.8 Å². The van der Waals surface area contributed by atoms with Crippen molar-refractivity contribution in [1.82, 2.24) is 10.2 Å². The summed E-state index contributed by atoms with van der Waals surface area (Å²) in [7, 11) is 0. The number of phenols is 2. The molecule has 3 atom stereocenters. The smallest absolute Gasteiger partial charge is 0.352 e. The van der Waals surface area contributed by atoms with E-state index >= 15 is 0 Å². The lowest BCUT2D eigenvalue weighted by Gasteiger charge is -2.48. The molecule has 2 unspecified atom stereocenters. The molecule has 0 aliphatic carbocycles. The molecule has 4 N–H and O–H groups in total. The number of carboxylic acids is 1. The Kier molecular flexibility index (Phi) is 6.06. The molecular formula is C22H20N2O7S. The summed E-state index contributed by atoms with van der Waals surface area (Å²) in [6.45, 7) is 0.0154. The highest BCUT2D eigenvalue weighted by atomic mass is 32.2. The number of ether oxygens (including phenoxy) is 1. The van der Waals surface area contributed by atoms with E-state index in [1.54, 1.807) is 24.3 Å². The Morgan fingerprint density at radius 1 is 1.12 bits per heavy atom. The van der Waals surface area contributed by atoms with Crippen molar-refractivity contribution in [3.8, 4) is 11.5 Å². The van der Waals surface area contributed by atoms with Gasteiger partial charge in [0.1, 0.15) is 28.6 Å². The van der Waals surface area contributed by atoms with Gasteiger partial charge in [-0.1, -0.05) is 36.4 Å². The second kappa shape index (κ2) is 8.93. The number of hydrogen-bond donors (Lipinski definition) is 4. The number of thioether (sulfide) groups is 1. The van der Waals surface area contributed by atoms with Gasteiger partial charge in [0, 0.05) is 5.75 Å². The van der Waals surface area contributed by atoms with E-state index in [-0.39, 0.29) is 29.4 Å². The highest BCUT2D eigenvalue weighted by Crippen LogP contribution is 2.39. The molecule has 166 valence electrons. The molecule has 2 heterocycles. The zero-order valence-corrected chi connectivity index (χ0v) is 17.5. The second-order valence-corrected chi connectivity index (χ2v) is 8.35. The SMILES string of the molecule is O=C(O)C1=CCS[C@H]2C(NC(=O)C(OCc3ccccc3)c3c(O)cccc3O)C(=O)N12. The van der Waals surface area contributed by atoms with Crippen molar-refractivity contribution >= 4 is 29.5 Å². The number of carbonyl (C=O) groups is 3. The minimum atomic E-state index is -1.40. The molecule has 2 aromatic carbocycles. The van der Waals surface area contributed by atoms with Crippen LogP contribution in [-0.4, -0.2) is 55.2 Å². The molecule has 2 aliphatic heterocycles. The van der Waals surface area contributed by atoms with Gasteiger partial charge in [0.15, 0.2) is 6.10 Å².